The molecule has 0 fully saturated rings. The summed E-state index contributed by atoms with van der Waals surface area (Å²) in [4.78, 5) is 52.6. The van der Waals surface area contributed by atoms with Crippen LogP contribution >= 0.6 is 0 Å². The monoisotopic (exact) mass is 608 g/mol. The van der Waals surface area contributed by atoms with Crippen molar-refractivity contribution in [3.05, 3.63) is 90.9 Å². The lowest BCUT2D eigenvalue weighted by atomic mass is 9.86. The molecule has 0 unspecified atom stereocenters. The SMILES string of the molecule is CCC=CCC=CCC=CCC=CCC=CCCCC(=O)OCC(C)(C)[C@H](OC(=O)c1cccnc1)C(=O)NCCC(=O)O. The lowest BCUT2D eigenvalue weighted by Gasteiger charge is -2.32. The van der Waals surface area contributed by atoms with E-state index >= 15 is 0 Å². The maximum Gasteiger partial charge on any atom is 0.340 e. The normalized spacial score (nSPS) is 12.9. The zero-order valence-electron chi connectivity index (χ0n) is 26.3. The number of esters is 2. The molecule has 0 aliphatic heterocycles. The fourth-order valence-corrected chi connectivity index (χ4v) is 3.76. The topological polar surface area (TPSA) is 132 Å². The van der Waals surface area contributed by atoms with E-state index in [9.17, 15) is 19.2 Å². The van der Waals surface area contributed by atoms with Crippen LogP contribution in [0.15, 0.2) is 85.3 Å². The third kappa shape index (κ3) is 18.3. The van der Waals surface area contributed by atoms with Crippen LogP contribution in [0.2, 0.25) is 0 Å². The Morgan fingerprint density at radius 2 is 1.50 bits per heavy atom. The molecule has 0 radical (unpaired) electrons. The van der Waals surface area contributed by atoms with Crippen molar-refractivity contribution in [3.8, 4) is 0 Å². The van der Waals surface area contributed by atoms with Gasteiger partial charge in [-0.3, -0.25) is 19.4 Å². The summed E-state index contributed by atoms with van der Waals surface area (Å²) in [5, 5.41) is 11.3. The number of carboxylic acid groups (broad SMARTS) is 1. The molecule has 9 nitrogen and oxygen atoms in total. The Labute approximate surface area is 261 Å². The number of hydrogen-bond acceptors (Lipinski definition) is 7. The summed E-state index contributed by atoms with van der Waals surface area (Å²) < 4.78 is 10.9. The summed E-state index contributed by atoms with van der Waals surface area (Å²) in [5.74, 6) is -2.95. The first-order chi connectivity index (χ1) is 21.2. The molecule has 0 bridgehead atoms. The first-order valence-electron chi connectivity index (χ1n) is 15.2. The maximum atomic E-state index is 12.9. The second kappa shape index (κ2) is 23.2. The highest BCUT2D eigenvalue weighted by atomic mass is 16.6. The number of aromatic nitrogens is 1. The Kier molecular flexibility index (Phi) is 19.9. The first kappa shape index (κ1) is 37.8. The summed E-state index contributed by atoms with van der Waals surface area (Å²) >= 11 is 0. The predicted octanol–water partition coefficient (Wildman–Crippen LogP) is 6.69. The molecule has 1 rings (SSSR count). The molecule has 1 amide bonds. The van der Waals surface area contributed by atoms with Crippen molar-refractivity contribution in [2.75, 3.05) is 13.2 Å². The van der Waals surface area contributed by atoms with E-state index in [-0.39, 0.29) is 31.6 Å². The minimum absolute atomic E-state index is 0.138. The Bertz CT molecular complexity index is 1150. The molecule has 1 aromatic heterocycles. The number of hydrogen-bond donors (Lipinski definition) is 2. The van der Waals surface area contributed by atoms with Crippen LogP contribution in [0.3, 0.4) is 0 Å². The van der Waals surface area contributed by atoms with E-state index in [1.807, 2.05) is 6.08 Å². The summed E-state index contributed by atoms with van der Waals surface area (Å²) in [5.41, 5.74) is -0.941. The van der Waals surface area contributed by atoms with Gasteiger partial charge in [0, 0.05) is 30.8 Å². The maximum absolute atomic E-state index is 12.9. The molecule has 0 saturated carbocycles. The molecule has 2 N–H and O–H groups in total. The molecule has 240 valence electrons. The van der Waals surface area contributed by atoms with E-state index in [0.29, 0.717) is 6.42 Å². The van der Waals surface area contributed by atoms with Gasteiger partial charge in [-0.15, -0.1) is 0 Å². The minimum Gasteiger partial charge on any atom is -0.481 e. The van der Waals surface area contributed by atoms with Crippen LogP contribution in [-0.2, 0) is 23.9 Å². The first-order valence-corrected chi connectivity index (χ1v) is 15.2. The predicted molar refractivity (Wildman–Crippen MR) is 172 cm³/mol. The highest BCUT2D eigenvalue weighted by molar-refractivity contribution is 5.92. The van der Waals surface area contributed by atoms with Crippen molar-refractivity contribution in [1.82, 2.24) is 10.3 Å². The van der Waals surface area contributed by atoms with Crippen LogP contribution in [0.1, 0.15) is 88.9 Å². The van der Waals surface area contributed by atoms with Gasteiger partial charge in [0.15, 0.2) is 6.10 Å². The number of carboxylic acids is 1. The molecule has 1 atom stereocenters. The van der Waals surface area contributed by atoms with E-state index in [4.69, 9.17) is 14.6 Å². The minimum atomic E-state index is -1.34. The Morgan fingerprint density at radius 3 is 2.05 bits per heavy atom. The highest BCUT2D eigenvalue weighted by Gasteiger charge is 2.40. The number of aliphatic carboxylic acids is 1. The van der Waals surface area contributed by atoms with E-state index in [1.54, 1.807) is 19.9 Å². The summed E-state index contributed by atoms with van der Waals surface area (Å²) in [6, 6.07) is 3.06. The van der Waals surface area contributed by atoms with Crippen LogP contribution in [0.25, 0.3) is 0 Å². The Morgan fingerprint density at radius 1 is 0.909 bits per heavy atom. The molecule has 1 heterocycles. The largest absolute Gasteiger partial charge is 0.481 e. The van der Waals surface area contributed by atoms with Crippen LogP contribution in [0, 0.1) is 5.41 Å². The quantitative estimate of drug-likeness (QED) is 0.0846. The summed E-state index contributed by atoms with van der Waals surface area (Å²) in [6.45, 7) is 5.08. The van der Waals surface area contributed by atoms with Crippen molar-refractivity contribution in [1.29, 1.82) is 0 Å². The van der Waals surface area contributed by atoms with Gasteiger partial charge in [-0.25, -0.2) is 4.79 Å². The summed E-state index contributed by atoms with van der Waals surface area (Å²) in [6.07, 6.45) is 28.8. The zero-order chi connectivity index (χ0) is 32.5. The van der Waals surface area contributed by atoms with Crippen LogP contribution < -0.4 is 5.32 Å². The second-order valence-electron chi connectivity index (χ2n) is 10.7. The number of carbonyl (C=O) groups is 4. The number of allylic oxidation sites excluding steroid dienone is 10. The summed E-state index contributed by atoms with van der Waals surface area (Å²) in [7, 11) is 0. The molecule has 0 aliphatic rings. The third-order valence-corrected chi connectivity index (χ3v) is 6.22. The van der Waals surface area contributed by atoms with E-state index in [1.165, 1.54) is 18.5 Å². The number of rotatable bonds is 22. The van der Waals surface area contributed by atoms with E-state index in [2.05, 4.69) is 71.9 Å². The molecule has 1 aromatic rings. The fourth-order valence-electron chi connectivity index (χ4n) is 3.76. The van der Waals surface area contributed by atoms with E-state index in [0.717, 1.165) is 38.5 Å². The molecule has 0 aliphatic carbocycles. The van der Waals surface area contributed by atoms with Gasteiger partial charge in [-0.05, 0) is 57.1 Å². The zero-order valence-corrected chi connectivity index (χ0v) is 26.3. The van der Waals surface area contributed by atoms with Crippen LogP contribution in [-0.4, -0.2) is 53.2 Å². The van der Waals surface area contributed by atoms with Gasteiger partial charge in [-0.1, -0.05) is 81.5 Å². The third-order valence-electron chi connectivity index (χ3n) is 6.22. The number of ether oxygens (including phenoxy) is 2. The highest BCUT2D eigenvalue weighted by Crippen LogP contribution is 2.26. The van der Waals surface area contributed by atoms with Gasteiger partial charge in [0.1, 0.15) is 6.61 Å². The molecular weight excluding hydrogens is 560 g/mol. The average Bonchev–Trinajstić information content (AvgIpc) is 3.00. The van der Waals surface area contributed by atoms with Gasteiger partial charge in [-0.2, -0.15) is 0 Å². The van der Waals surface area contributed by atoms with Gasteiger partial charge in [0.05, 0.1) is 12.0 Å². The number of pyridine rings is 1. The Hall–Kier alpha value is -4.27. The van der Waals surface area contributed by atoms with E-state index < -0.39 is 35.3 Å². The molecular formula is C35H48N2O7. The molecule has 44 heavy (non-hydrogen) atoms. The van der Waals surface area contributed by atoms with Gasteiger partial charge >= 0.3 is 17.9 Å². The average molecular weight is 609 g/mol. The lowest BCUT2D eigenvalue weighted by molar-refractivity contribution is -0.153. The number of nitrogens with zero attached hydrogens (tertiary/aromatic N) is 1. The number of amides is 1. The van der Waals surface area contributed by atoms with Gasteiger partial charge in [0.2, 0.25) is 0 Å². The van der Waals surface area contributed by atoms with Crippen molar-refractivity contribution < 1.29 is 33.8 Å². The van der Waals surface area contributed by atoms with Crippen molar-refractivity contribution >= 4 is 23.8 Å². The van der Waals surface area contributed by atoms with Crippen LogP contribution in [0.5, 0.6) is 0 Å². The Balaban J connectivity index is 2.43. The lowest BCUT2D eigenvalue weighted by Crippen LogP contribution is -2.49. The number of unbranched alkanes of at least 4 members (excludes halogenated alkanes) is 1. The smallest absolute Gasteiger partial charge is 0.340 e. The molecule has 0 saturated heterocycles. The van der Waals surface area contributed by atoms with Crippen LogP contribution in [0.4, 0.5) is 0 Å². The van der Waals surface area contributed by atoms with Crippen molar-refractivity contribution in [3.63, 3.8) is 0 Å². The molecule has 9 heteroatoms. The molecule has 0 spiro atoms. The standard InChI is InChI=1S/C35H48N2O7/c1-4-5-6-7-8-9-10-11-12-13-14-15-16-17-18-19-20-23-31(40)43-28-35(2,3)32(33(41)37-26-24-30(38)39)44-34(42)29-22-21-25-36-27-29/h5-6,8-9,11-12,14-15,17-18,21-22,25,27,32H,4,7,10,13,16,19-20,23-24,26,28H2,1-3H3,(H,37,41)(H,38,39)/t32-/m1/s1. The number of carbonyl (C=O) groups excluding carboxylic acids is 3. The second-order valence-corrected chi connectivity index (χ2v) is 10.7. The fraction of sp³-hybridized carbons (Fsp3) is 0.457. The number of nitrogens with one attached hydrogen (secondary N) is 1. The van der Waals surface area contributed by atoms with Crippen molar-refractivity contribution in [2.45, 2.75) is 84.7 Å². The van der Waals surface area contributed by atoms with Gasteiger partial charge < -0.3 is 19.9 Å². The van der Waals surface area contributed by atoms with Gasteiger partial charge in [0.25, 0.3) is 5.91 Å². The molecule has 0 aromatic carbocycles. The van der Waals surface area contributed by atoms with Crippen molar-refractivity contribution in [2.24, 2.45) is 5.41 Å².